The first kappa shape index (κ1) is 26.6. The van der Waals surface area contributed by atoms with E-state index in [0.29, 0.717) is 21.5 Å². The van der Waals surface area contributed by atoms with Gasteiger partial charge in [0.15, 0.2) is 5.17 Å². The van der Waals surface area contributed by atoms with Gasteiger partial charge >= 0.3 is 5.97 Å². The molecule has 2 atom stereocenters. The lowest BCUT2D eigenvalue weighted by molar-refractivity contribution is -0.143. The fourth-order valence-electron chi connectivity index (χ4n) is 4.66. The number of amidine groups is 1. The Bertz CT molecular complexity index is 1210. The third-order valence-corrected chi connectivity index (χ3v) is 7.66. The Hall–Kier alpha value is -2.48. The Morgan fingerprint density at radius 3 is 2.06 bits per heavy atom. The first-order chi connectivity index (χ1) is 17.1. The second kappa shape index (κ2) is 10.9. The smallest absolute Gasteiger partial charge is 0.323 e. The average molecular weight is 547 g/mol. The standard InChI is InChI=1S/C27H29Cl2N3O3S/c1-15(2)13-31(14-21(33)34)26(35)25-23(16(3)4)32-24(18-7-11-20(29)12-8-18)22(30-27(32)36-25)17-5-9-19(28)10-6-17/h5-12,15-16,22,24H,13-14H2,1-4H3,(H,33,34)/t22-,24+/m0/s1. The van der Waals surface area contributed by atoms with Gasteiger partial charge in [0.2, 0.25) is 0 Å². The van der Waals surface area contributed by atoms with Gasteiger partial charge in [-0.15, -0.1) is 0 Å². The molecule has 0 aromatic heterocycles. The van der Waals surface area contributed by atoms with Gasteiger partial charge in [0.05, 0.1) is 6.04 Å². The fourth-order valence-corrected chi connectivity index (χ4v) is 6.23. The van der Waals surface area contributed by atoms with Gasteiger partial charge in [-0.2, -0.15) is 0 Å². The van der Waals surface area contributed by atoms with Gasteiger partial charge < -0.3 is 14.9 Å². The van der Waals surface area contributed by atoms with Gasteiger partial charge in [-0.05, 0) is 59.0 Å². The summed E-state index contributed by atoms with van der Waals surface area (Å²) < 4.78 is 0. The number of benzene rings is 2. The highest BCUT2D eigenvalue weighted by Crippen LogP contribution is 2.53. The number of fused-ring (bicyclic) bond motifs is 1. The summed E-state index contributed by atoms with van der Waals surface area (Å²) in [6, 6.07) is 15.0. The van der Waals surface area contributed by atoms with E-state index in [4.69, 9.17) is 28.2 Å². The second-order valence-corrected chi connectivity index (χ2v) is 11.6. The number of rotatable bonds is 8. The normalized spacial score (nSPS) is 19.2. The Morgan fingerprint density at radius 2 is 1.56 bits per heavy atom. The van der Waals surface area contributed by atoms with Crippen LogP contribution in [0.5, 0.6) is 0 Å². The monoisotopic (exact) mass is 545 g/mol. The van der Waals surface area contributed by atoms with E-state index in [9.17, 15) is 14.7 Å². The molecule has 2 aliphatic heterocycles. The summed E-state index contributed by atoms with van der Waals surface area (Å²) in [6.07, 6.45) is 0. The van der Waals surface area contributed by atoms with E-state index in [1.54, 1.807) is 0 Å². The van der Waals surface area contributed by atoms with Crippen LogP contribution in [-0.2, 0) is 9.59 Å². The number of allylic oxidation sites excluding steroid dienone is 1. The third kappa shape index (κ3) is 5.43. The molecule has 9 heteroatoms. The molecule has 0 spiro atoms. The van der Waals surface area contributed by atoms with Crippen molar-refractivity contribution in [3.63, 3.8) is 0 Å². The molecule has 0 radical (unpaired) electrons. The van der Waals surface area contributed by atoms with Crippen molar-refractivity contribution in [3.05, 3.63) is 80.3 Å². The summed E-state index contributed by atoms with van der Waals surface area (Å²) in [5, 5.41) is 11.5. The summed E-state index contributed by atoms with van der Waals surface area (Å²) in [5.41, 5.74) is 2.90. The lowest BCUT2D eigenvalue weighted by Gasteiger charge is -2.32. The van der Waals surface area contributed by atoms with E-state index in [0.717, 1.165) is 22.0 Å². The molecule has 0 aliphatic carbocycles. The topological polar surface area (TPSA) is 73.2 Å². The molecule has 2 aliphatic rings. The van der Waals surface area contributed by atoms with Gasteiger partial charge in [-0.3, -0.25) is 14.6 Å². The fraction of sp³-hybridized carbons (Fsp3) is 0.370. The molecular formula is C27H29Cl2N3O3S. The van der Waals surface area contributed by atoms with Crippen LogP contribution in [0.3, 0.4) is 0 Å². The second-order valence-electron chi connectivity index (χ2n) is 9.72. The minimum atomic E-state index is -1.03. The van der Waals surface area contributed by atoms with Crippen LogP contribution in [0.15, 0.2) is 64.1 Å². The number of aliphatic carboxylic acids is 1. The van der Waals surface area contributed by atoms with Gasteiger partial charge in [-0.25, -0.2) is 0 Å². The molecule has 0 unspecified atom stereocenters. The average Bonchev–Trinajstić information content (AvgIpc) is 3.35. The molecule has 36 heavy (non-hydrogen) atoms. The molecule has 2 heterocycles. The maximum absolute atomic E-state index is 13.7. The molecule has 0 fully saturated rings. The number of hydrogen-bond donors (Lipinski definition) is 1. The van der Waals surface area contributed by atoms with E-state index in [1.807, 2.05) is 76.2 Å². The zero-order valence-electron chi connectivity index (χ0n) is 20.6. The number of nitrogens with zero attached hydrogens (tertiary/aromatic N) is 3. The van der Waals surface area contributed by atoms with Crippen LogP contribution in [0.25, 0.3) is 0 Å². The van der Waals surface area contributed by atoms with Gasteiger partial charge in [0, 0.05) is 22.3 Å². The minimum Gasteiger partial charge on any atom is -0.480 e. The number of carboxylic acid groups (broad SMARTS) is 1. The predicted octanol–water partition coefficient (Wildman–Crippen LogP) is 6.63. The summed E-state index contributed by atoms with van der Waals surface area (Å²) >= 11 is 13.7. The first-order valence-electron chi connectivity index (χ1n) is 11.9. The molecular weight excluding hydrogens is 517 g/mol. The Labute approximate surface area is 226 Å². The van der Waals surface area contributed by atoms with Gasteiger partial charge in [0.1, 0.15) is 17.5 Å². The molecule has 1 N–H and O–H groups in total. The van der Waals surface area contributed by atoms with E-state index >= 15 is 0 Å². The molecule has 0 saturated carbocycles. The van der Waals surface area contributed by atoms with Crippen LogP contribution in [0.2, 0.25) is 10.0 Å². The lowest BCUT2D eigenvalue weighted by atomic mass is 9.92. The summed E-state index contributed by atoms with van der Waals surface area (Å²) in [6.45, 7) is 8.05. The van der Waals surface area contributed by atoms with Crippen molar-refractivity contribution in [1.29, 1.82) is 0 Å². The number of carboxylic acids is 1. The number of carbonyl (C=O) groups excluding carboxylic acids is 1. The van der Waals surface area contributed by atoms with Gasteiger partial charge in [-0.1, -0.05) is 75.2 Å². The number of carbonyl (C=O) groups is 2. The van der Waals surface area contributed by atoms with Crippen LogP contribution < -0.4 is 0 Å². The number of amides is 1. The summed E-state index contributed by atoms with van der Waals surface area (Å²) in [7, 11) is 0. The molecule has 190 valence electrons. The first-order valence-corrected chi connectivity index (χ1v) is 13.4. The van der Waals surface area contributed by atoms with Crippen molar-refractivity contribution in [2.24, 2.45) is 16.8 Å². The quantitative estimate of drug-likeness (QED) is 0.402. The highest BCUT2D eigenvalue weighted by atomic mass is 35.5. The Morgan fingerprint density at radius 1 is 1.00 bits per heavy atom. The van der Waals surface area contributed by atoms with Crippen LogP contribution in [0.4, 0.5) is 0 Å². The van der Waals surface area contributed by atoms with Crippen LogP contribution in [0, 0.1) is 11.8 Å². The highest BCUT2D eigenvalue weighted by molar-refractivity contribution is 8.18. The SMILES string of the molecule is CC(C)CN(CC(=O)O)C(=O)C1=C(C(C)C)N2C(=N[C@@H](c3ccc(Cl)cc3)[C@H]2c2ccc(Cl)cc2)S1. The maximum Gasteiger partial charge on any atom is 0.323 e. The number of hydrogen-bond acceptors (Lipinski definition) is 5. The third-order valence-electron chi connectivity index (χ3n) is 6.08. The number of aliphatic imine (C=N–C) groups is 1. The minimum absolute atomic E-state index is 0.00801. The van der Waals surface area contributed by atoms with Crippen molar-refractivity contribution in [3.8, 4) is 0 Å². The van der Waals surface area contributed by atoms with E-state index in [2.05, 4.69) is 4.90 Å². The van der Waals surface area contributed by atoms with E-state index in [-0.39, 0.29) is 36.4 Å². The lowest BCUT2D eigenvalue weighted by Crippen LogP contribution is -2.39. The zero-order valence-corrected chi connectivity index (χ0v) is 22.9. The molecule has 4 rings (SSSR count). The number of halogens is 2. The summed E-state index contributed by atoms with van der Waals surface area (Å²) in [5.74, 6) is -1.15. The van der Waals surface area contributed by atoms with Crippen LogP contribution in [0.1, 0.15) is 50.9 Å². The van der Waals surface area contributed by atoms with Crippen LogP contribution in [-0.4, -0.2) is 45.0 Å². The highest BCUT2D eigenvalue weighted by Gasteiger charge is 2.47. The maximum atomic E-state index is 13.7. The zero-order chi connectivity index (χ0) is 26.1. The largest absolute Gasteiger partial charge is 0.480 e. The molecule has 0 bridgehead atoms. The Balaban J connectivity index is 1.80. The van der Waals surface area contributed by atoms with Crippen molar-refractivity contribution >= 4 is 52.0 Å². The Kier molecular flexibility index (Phi) is 8.03. The molecule has 1 amide bonds. The van der Waals surface area contributed by atoms with Crippen molar-refractivity contribution in [2.75, 3.05) is 13.1 Å². The van der Waals surface area contributed by atoms with E-state index in [1.165, 1.54) is 16.7 Å². The molecule has 2 aromatic rings. The number of thioether (sulfide) groups is 1. The van der Waals surface area contributed by atoms with Crippen molar-refractivity contribution < 1.29 is 14.7 Å². The van der Waals surface area contributed by atoms with E-state index < -0.39 is 5.97 Å². The molecule has 2 aromatic carbocycles. The van der Waals surface area contributed by atoms with Crippen LogP contribution >= 0.6 is 35.0 Å². The van der Waals surface area contributed by atoms with Gasteiger partial charge in [0.25, 0.3) is 5.91 Å². The molecule has 6 nitrogen and oxygen atoms in total. The summed E-state index contributed by atoms with van der Waals surface area (Å²) in [4.78, 5) is 34.4. The molecule has 0 saturated heterocycles. The predicted molar refractivity (Wildman–Crippen MR) is 146 cm³/mol. The van der Waals surface area contributed by atoms with Crippen molar-refractivity contribution in [2.45, 2.75) is 39.8 Å². The van der Waals surface area contributed by atoms with Crippen molar-refractivity contribution in [1.82, 2.24) is 9.80 Å².